The van der Waals surface area contributed by atoms with Gasteiger partial charge in [0.15, 0.2) is 0 Å². The Bertz CT molecular complexity index is 702. The van der Waals surface area contributed by atoms with E-state index in [2.05, 4.69) is 22.1 Å². The standard InChI is InChI=1S/C19H24N4O2/c1-2-22-10-12-23(13-11-22)18(24)14-15-5-7-16(8-6-15)21-19(25)17-4-3-9-20-17/h3-9,20H,2,10-14H2,1H3,(H,21,25). The minimum absolute atomic E-state index is 0.166. The number of amides is 2. The molecule has 0 atom stereocenters. The van der Waals surface area contributed by atoms with Crippen LogP contribution in [0, 0.1) is 0 Å². The average Bonchev–Trinajstić information content (AvgIpc) is 3.18. The molecule has 0 unspecified atom stereocenters. The summed E-state index contributed by atoms with van der Waals surface area (Å²) in [5.41, 5.74) is 2.19. The smallest absolute Gasteiger partial charge is 0.272 e. The van der Waals surface area contributed by atoms with E-state index in [0.29, 0.717) is 17.8 Å². The van der Waals surface area contributed by atoms with Gasteiger partial charge in [0.2, 0.25) is 5.91 Å². The molecule has 6 nitrogen and oxygen atoms in total. The lowest BCUT2D eigenvalue weighted by atomic mass is 10.1. The molecule has 0 spiro atoms. The molecule has 0 aliphatic carbocycles. The first-order valence-corrected chi connectivity index (χ1v) is 8.69. The minimum atomic E-state index is -0.178. The topological polar surface area (TPSA) is 68.4 Å². The Morgan fingerprint density at radius 2 is 1.80 bits per heavy atom. The Kier molecular flexibility index (Phi) is 5.50. The molecular formula is C19H24N4O2. The summed E-state index contributed by atoms with van der Waals surface area (Å²) >= 11 is 0. The highest BCUT2D eigenvalue weighted by atomic mass is 16.2. The van der Waals surface area contributed by atoms with E-state index in [1.165, 1.54) is 0 Å². The largest absolute Gasteiger partial charge is 0.357 e. The maximum atomic E-state index is 12.4. The molecule has 0 bridgehead atoms. The van der Waals surface area contributed by atoms with E-state index >= 15 is 0 Å². The highest BCUT2D eigenvalue weighted by molar-refractivity contribution is 6.02. The first kappa shape index (κ1) is 17.2. The number of anilines is 1. The van der Waals surface area contributed by atoms with Crippen LogP contribution in [0.5, 0.6) is 0 Å². The van der Waals surface area contributed by atoms with E-state index in [1.54, 1.807) is 18.3 Å². The number of nitrogens with one attached hydrogen (secondary N) is 2. The Morgan fingerprint density at radius 1 is 1.08 bits per heavy atom. The van der Waals surface area contributed by atoms with Gasteiger partial charge in [0.05, 0.1) is 6.42 Å². The number of hydrogen-bond donors (Lipinski definition) is 2. The van der Waals surface area contributed by atoms with Crippen LogP contribution < -0.4 is 5.32 Å². The fraction of sp³-hybridized carbons (Fsp3) is 0.368. The summed E-state index contributed by atoms with van der Waals surface area (Å²) in [7, 11) is 0. The monoisotopic (exact) mass is 340 g/mol. The van der Waals surface area contributed by atoms with Gasteiger partial charge in [-0.25, -0.2) is 0 Å². The first-order chi connectivity index (χ1) is 12.2. The third-order valence-corrected chi connectivity index (χ3v) is 4.58. The number of nitrogens with zero attached hydrogens (tertiary/aromatic N) is 2. The molecule has 0 saturated carbocycles. The number of likely N-dealkylation sites (N-methyl/N-ethyl adjacent to an activating group) is 1. The second kappa shape index (κ2) is 7.98. The van der Waals surface area contributed by atoms with Crippen LogP contribution >= 0.6 is 0 Å². The van der Waals surface area contributed by atoms with Crippen molar-refractivity contribution >= 4 is 17.5 Å². The lowest BCUT2D eigenvalue weighted by Crippen LogP contribution is -2.48. The van der Waals surface area contributed by atoms with Gasteiger partial charge in [-0.2, -0.15) is 0 Å². The van der Waals surface area contributed by atoms with Crippen molar-refractivity contribution in [1.82, 2.24) is 14.8 Å². The maximum absolute atomic E-state index is 12.4. The highest BCUT2D eigenvalue weighted by Crippen LogP contribution is 2.13. The van der Waals surface area contributed by atoms with Crippen LogP contribution in [-0.4, -0.2) is 59.3 Å². The molecular weight excluding hydrogens is 316 g/mol. The molecule has 1 saturated heterocycles. The Balaban J connectivity index is 1.52. The number of aromatic amines is 1. The van der Waals surface area contributed by atoms with Crippen molar-refractivity contribution in [3.8, 4) is 0 Å². The van der Waals surface area contributed by atoms with Crippen molar-refractivity contribution in [3.63, 3.8) is 0 Å². The molecule has 2 heterocycles. The maximum Gasteiger partial charge on any atom is 0.272 e. The lowest BCUT2D eigenvalue weighted by molar-refractivity contribution is -0.132. The van der Waals surface area contributed by atoms with E-state index in [0.717, 1.165) is 38.3 Å². The number of aromatic nitrogens is 1. The molecule has 1 aliphatic heterocycles. The van der Waals surface area contributed by atoms with Crippen molar-refractivity contribution in [3.05, 3.63) is 53.9 Å². The van der Waals surface area contributed by atoms with Crippen molar-refractivity contribution in [2.75, 3.05) is 38.0 Å². The van der Waals surface area contributed by atoms with Gasteiger partial charge in [-0.05, 0) is 36.4 Å². The molecule has 1 aliphatic rings. The number of benzene rings is 1. The Hall–Kier alpha value is -2.60. The Labute approximate surface area is 147 Å². The number of rotatable bonds is 5. The molecule has 1 aromatic carbocycles. The van der Waals surface area contributed by atoms with Crippen LogP contribution in [0.25, 0.3) is 0 Å². The quantitative estimate of drug-likeness (QED) is 0.874. The zero-order chi connectivity index (χ0) is 17.6. The molecule has 1 fully saturated rings. The molecule has 6 heteroatoms. The van der Waals surface area contributed by atoms with Gasteiger partial charge >= 0.3 is 0 Å². The van der Waals surface area contributed by atoms with Crippen LogP contribution in [0.1, 0.15) is 23.0 Å². The van der Waals surface area contributed by atoms with Gasteiger partial charge < -0.3 is 20.1 Å². The number of carbonyl (C=O) groups is 2. The molecule has 2 N–H and O–H groups in total. The van der Waals surface area contributed by atoms with Gasteiger partial charge in [-0.15, -0.1) is 0 Å². The summed E-state index contributed by atoms with van der Waals surface area (Å²) in [6, 6.07) is 11.0. The zero-order valence-electron chi connectivity index (χ0n) is 14.5. The van der Waals surface area contributed by atoms with Crippen molar-refractivity contribution in [2.24, 2.45) is 0 Å². The summed E-state index contributed by atoms with van der Waals surface area (Å²) in [5.74, 6) is -0.0125. The molecule has 2 amide bonds. The second-order valence-electron chi connectivity index (χ2n) is 6.23. The number of hydrogen-bond acceptors (Lipinski definition) is 3. The van der Waals surface area contributed by atoms with E-state index < -0.39 is 0 Å². The molecule has 1 aromatic heterocycles. The predicted octanol–water partition coefficient (Wildman–Crippen LogP) is 1.97. The normalized spacial score (nSPS) is 15.2. The first-order valence-electron chi connectivity index (χ1n) is 8.69. The summed E-state index contributed by atoms with van der Waals surface area (Å²) < 4.78 is 0. The highest BCUT2D eigenvalue weighted by Gasteiger charge is 2.20. The third kappa shape index (κ3) is 4.48. The van der Waals surface area contributed by atoms with E-state index in [-0.39, 0.29) is 11.8 Å². The van der Waals surface area contributed by atoms with Crippen molar-refractivity contribution in [1.29, 1.82) is 0 Å². The van der Waals surface area contributed by atoms with Crippen LogP contribution in [-0.2, 0) is 11.2 Å². The molecule has 3 rings (SSSR count). The van der Waals surface area contributed by atoms with Crippen molar-refractivity contribution < 1.29 is 9.59 Å². The fourth-order valence-corrected chi connectivity index (χ4v) is 2.98. The molecule has 132 valence electrons. The summed E-state index contributed by atoms with van der Waals surface area (Å²) in [6.45, 7) is 6.69. The van der Waals surface area contributed by atoms with Gasteiger partial charge in [-0.1, -0.05) is 19.1 Å². The Morgan fingerprint density at radius 3 is 2.40 bits per heavy atom. The molecule has 25 heavy (non-hydrogen) atoms. The van der Waals surface area contributed by atoms with Crippen LogP contribution in [0.2, 0.25) is 0 Å². The van der Waals surface area contributed by atoms with Crippen molar-refractivity contribution in [2.45, 2.75) is 13.3 Å². The zero-order valence-corrected chi connectivity index (χ0v) is 14.5. The molecule has 2 aromatic rings. The van der Waals surface area contributed by atoms with Crippen LogP contribution in [0.15, 0.2) is 42.6 Å². The number of carbonyl (C=O) groups excluding carboxylic acids is 2. The summed E-state index contributed by atoms with van der Waals surface area (Å²) in [6.07, 6.45) is 2.11. The van der Waals surface area contributed by atoms with E-state index in [9.17, 15) is 9.59 Å². The average molecular weight is 340 g/mol. The SMILES string of the molecule is CCN1CCN(C(=O)Cc2ccc(NC(=O)c3ccc[nH]3)cc2)CC1. The van der Waals surface area contributed by atoms with E-state index in [4.69, 9.17) is 0 Å². The fourth-order valence-electron chi connectivity index (χ4n) is 2.98. The second-order valence-corrected chi connectivity index (χ2v) is 6.23. The van der Waals surface area contributed by atoms with Crippen LogP contribution in [0.4, 0.5) is 5.69 Å². The number of piperazine rings is 1. The minimum Gasteiger partial charge on any atom is -0.357 e. The van der Waals surface area contributed by atoms with Gasteiger partial charge in [0.1, 0.15) is 5.69 Å². The predicted molar refractivity (Wildman–Crippen MR) is 97.6 cm³/mol. The van der Waals surface area contributed by atoms with Gasteiger partial charge in [0.25, 0.3) is 5.91 Å². The van der Waals surface area contributed by atoms with Gasteiger partial charge in [-0.3, -0.25) is 9.59 Å². The molecule has 0 radical (unpaired) electrons. The number of H-pyrrole nitrogens is 1. The van der Waals surface area contributed by atoms with Crippen LogP contribution in [0.3, 0.4) is 0 Å². The van der Waals surface area contributed by atoms with Gasteiger partial charge in [0, 0.05) is 38.1 Å². The third-order valence-electron chi connectivity index (χ3n) is 4.58. The lowest BCUT2D eigenvalue weighted by Gasteiger charge is -2.34. The summed E-state index contributed by atoms with van der Waals surface area (Å²) in [5, 5.41) is 2.83. The van der Waals surface area contributed by atoms with E-state index in [1.807, 2.05) is 29.2 Å². The summed E-state index contributed by atoms with van der Waals surface area (Å²) in [4.78, 5) is 31.6.